The minimum absolute atomic E-state index is 0.0241. The van der Waals surface area contributed by atoms with Gasteiger partial charge in [-0.25, -0.2) is 13.4 Å². The summed E-state index contributed by atoms with van der Waals surface area (Å²) in [5, 5.41) is 7.33. The summed E-state index contributed by atoms with van der Waals surface area (Å²) in [5.74, 6) is -0.791. The van der Waals surface area contributed by atoms with Crippen molar-refractivity contribution < 1.29 is 18.0 Å². The zero-order chi connectivity index (χ0) is 17.2. The van der Waals surface area contributed by atoms with Crippen molar-refractivity contribution in [2.24, 2.45) is 0 Å². The lowest BCUT2D eigenvalue weighted by Gasteiger charge is -2.26. The maximum absolute atomic E-state index is 12.6. The topological polar surface area (TPSA) is 108 Å². The van der Waals surface area contributed by atoms with Crippen LogP contribution in [0, 0.1) is 0 Å². The number of aromatic nitrogens is 1. The molecule has 3 rings (SSSR count). The first-order valence-electron chi connectivity index (χ1n) is 7.04. The molecular formula is C14H14N4O4S2. The molecule has 1 aliphatic heterocycles. The maximum atomic E-state index is 12.6. The number of carbonyl (C=O) groups excluding carboxylic acids is 2. The summed E-state index contributed by atoms with van der Waals surface area (Å²) < 4.78 is 26.4. The van der Waals surface area contributed by atoms with Gasteiger partial charge in [0, 0.05) is 30.2 Å². The van der Waals surface area contributed by atoms with Crippen molar-refractivity contribution in [1.29, 1.82) is 0 Å². The Morgan fingerprint density at radius 3 is 2.92 bits per heavy atom. The van der Waals surface area contributed by atoms with Crippen LogP contribution < -0.4 is 10.6 Å². The number of anilines is 1. The van der Waals surface area contributed by atoms with E-state index in [9.17, 15) is 18.0 Å². The van der Waals surface area contributed by atoms with Crippen molar-refractivity contribution in [2.75, 3.05) is 25.0 Å². The van der Waals surface area contributed by atoms with Crippen molar-refractivity contribution in [2.45, 2.75) is 4.90 Å². The monoisotopic (exact) mass is 366 g/mol. The van der Waals surface area contributed by atoms with Crippen molar-refractivity contribution >= 4 is 38.3 Å². The molecule has 0 atom stereocenters. The number of benzene rings is 1. The van der Waals surface area contributed by atoms with E-state index in [1.807, 2.05) is 0 Å². The Hall–Kier alpha value is -2.30. The maximum Gasteiger partial charge on any atom is 0.257 e. The summed E-state index contributed by atoms with van der Waals surface area (Å²) in [4.78, 5) is 27.5. The first-order valence-corrected chi connectivity index (χ1v) is 9.36. The van der Waals surface area contributed by atoms with Gasteiger partial charge in [-0.05, 0) is 18.2 Å². The van der Waals surface area contributed by atoms with Crippen molar-refractivity contribution in [3.8, 4) is 0 Å². The summed E-state index contributed by atoms with van der Waals surface area (Å²) in [5.41, 5.74) is 0.202. The van der Waals surface area contributed by atoms with Gasteiger partial charge in [0.05, 0.1) is 11.4 Å². The van der Waals surface area contributed by atoms with Crippen LogP contribution in [0.3, 0.4) is 0 Å². The lowest BCUT2D eigenvalue weighted by molar-refractivity contribution is -0.122. The Bertz CT molecular complexity index is 865. The molecule has 126 valence electrons. The molecule has 1 aromatic carbocycles. The van der Waals surface area contributed by atoms with E-state index in [1.54, 1.807) is 11.6 Å². The highest BCUT2D eigenvalue weighted by Crippen LogP contribution is 2.19. The molecule has 1 aromatic heterocycles. The third-order valence-corrected chi connectivity index (χ3v) is 5.92. The van der Waals surface area contributed by atoms with Crippen molar-refractivity contribution in [3.05, 3.63) is 41.4 Å². The summed E-state index contributed by atoms with van der Waals surface area (Å²) in [6.07, 6.45) is 1.56. The molecule has 1 fully saturated rings. The fraction of sp³-hybridized carbons (Fsp3) is 0.214. The van der Waals surface area contributed by atoms with E-state index in [0.29, 0.717) is 5.13 Å². The number of nitrogens with one attached hydrogen (secondary N) is 2. The second-order valence-corrected chi connectivity index (χ2v) is 7.84. The summed E-state index contributed by atoms with van der Waals surface area (Å²) in [7, 11) is -3.83. The quantitative estimate of drug-likeness (QED) is 0.820. The third kappa shape index (κ3) is 3.45. The number of nitrogens with zero attached hydrogens (tertiary/aromatic N) is 2. The van der Waals surface area contributed by atoms with Crippen LogP contribution in [-0.2, 0) is 14.8 Å². The van der Waals surface area contributed by atoms with Crippen LogP contribution in [-0.4, -0.2) is 49.2 Å². The summed E-state index contributed by atoms with van der Waals surface area (Å²) >= 11 is 1.26. The van der Waals surface area contributed by atoms with E-state index in [0.717, 1.165) is 4.31 Å². The largest absolute Gasteiger partial charge is 0.354 e. The number of amides is 2. The first-order chi connectivity index (χ1) is 11.5. The molecule has 2 N–H and O–H groups in total. The van der Waals surface area contributed by atoms with Crippen molar-refractivity contribution in [1.82, 2.24) is 14.6 Å². The SMILES string of the molecule is O=C1CN(S(=O)(=O)c2cccc(C(=O)Nc3nccs3)c2)CCN1. The fourth-order valence-corrected chi connectivity index (χ4v) is 4.19. The molecule has 0 aliphatic carbocycles. The predicted molar refractivity (Wildman–Crippen MR) is 88.3 cm³/mol. The molecule has 2 heterocycles. The van der Waals surface area contributed by atoms with E-state index < -0.39 is 15.9 Å². The number of piperazine rings is 1. The van der Waals surface area contributed by atoms with Gasteiger partial charge in [0.1, 0.15) is 0 Å². The van der Waals surface area contributed by atoms with Gasteiger partial charge in [0.2, 0.25) is 15.9 Å². The number of sulfonamides is 1. The van der Waals surface area contributed by atoms with E-state index >= 15 is 0 Å². The molecule has 0 saturated carbocycles. The van der Waals surface area contributed by atoms with Crippen LogP contribution >= 0.6 is 11.3 Å². The molecule has 0 radical (unpaired) electrons. The molecule has 1 aliphatic rings. The molecule has 1 saturated heterocycles. The summed E-state index contributed by atoms with van der Waals surface area (Å²) in [6.45, 7) is 0.240. The van der Waals surface area contributed by atoms with Gasteiger partial charge in [0.25, 0.3) is 5.91 Å². The molecule has 0 spiro atoms. The Balaban J connectivity index is 1.84. The highest BCUT2D eigenvalue weighted by molar-refractivity contribution is 7.89. The number of thiazole rings is 1. The second-order valence-electron chi connectivity index (χ2n) is 5.01. The van der Waals surface area contributed by atoms with Crippen LogP contribution in [0.5, 0.6) is 0 Å². The highest BCUT2D eigenvalue weighted by Gasteiger charge is 2.29. The van der Waals surface area contributed by atoms with Gasteiger partial charge in [-0.15, -0.1) is 11.3 Å². The van der Waals surface area contributed by atoms with Gasteiger partial charge in [-0.1, -0.05) is 6.07 Å². The Morgan fingerprint density at radius 2 is 2.21 bits per heavy atom. The second kappa shape index (κ2) is 6.67. The number of hydrogen-bond donors (Lipinski definition) is 2. The van der Waals surface area contributed by atoms with Crippen LogP contribution in [0.25, 0.3) is 0 Å². The van der Waals surface area contributed by atoms with Gasteiger partial charge in [-0.3, -0.25) is 14.9 Å². The van der Waals surface area contributed by atoms with Gasteiger partial charge in [0.15, 0.2) is 5.13 Å². The van der Waals surface area contributed by atoms with Gasteiger partial charge in [-0.2, -0.15) is 4.31 Å². The third-order valence-electron chi connectivity index (χ3n) is 3.39. The van der Waals surface area contributed by atoms with Crippen LogP contribution in [0.4, 0.5) is 5.13 Å². The first kappa shape index (κ1) is 16.6. The van der Waals surface area contributed by atoms with Crippen LogP contribution in [0.1, 0.15) is 10.4 Å². The van der Waals surface area contributed by atoms with E-state index in [-0.39, 0.29) is 36.0 Å². The standard InChI is InChI=1S/C14H14N4O4S2/c19-12-9-18(6-4-15-12)24(21,22)11-3-1-2-10(8-11)13(20)17-14-16-5-7-23-14/h1-3,5,7-8H,4,6,9H2,(H,15,19)(H,16,17,20). The molecule has 2 aromatic rings. The van der Waals surface area contributed by atoms with E-state index in [1.165, 1.54) is 35.6 Å². The van der Waals surface area contributed by atoms with Crippen LogP contribution in [0.15, 0.2) is 40.7 Å². The van der Waals surface area contributed by atoms with E-state index in [2.05, 4.69) is 15.6 Å². The molecule has 0 bridgehead atoms. The normalized spacial score (nSPS) is 15.8. The number of carbonyl (C=O) groups is 2. The van der Waals surface area contributed by atoms with Crippen molar-refractivity contribution in [3.63, 3.8) is 0 Å². The predicted octanol–water partition coefficient (Wildman–Crippen LogP) is 0.516. The fourth-order valence-electron chi connectivity index (χ4n) is 2.22. The van der Waals surface area contributed by atoms with Gasteiger partial charge < -0.3 is 5.32 Å². The zero-order valence-electron chi connectivity index (χ0n) is 12.4. The Labute approximate surface area is 142 Å². The molecule has 8 nitrogen and oxygen atoms in total. The Morgan fingerprint density at radius 1 is 1.38 bits per heavy atom. The lowest BCUT2D eigenvalue weighted by Crippen LogP contribution is -2.49. The van der Waals surface area contributed by atoms with E-state index in [4.69, 9.17) is 0 Å². The Kier molecular flexibility index (Phi) is 4.60. The molecule has 2 amide bonds. The number of hydrogen-bond acceptors (Lipinski definition) is 6. The van der Waals surface area contributed by atoms with Crippen LogP contribution in [0.2, 0.25) is 0 Å². The minimum atomic E-state index is -3.83. The zero-order valence-corrected chi connectivity index (χ0v) is 14.1. The summed E-state index contributed by atoms with van der Waals surface area (Å²) in [6, 6.07) is 5.71. The highest BCUT2D eigenvalue weighted by atomic mass is 32.2. The van der Waals surface area contributed by atoms with Gasteiger partial charge >= 0.3 is 0 Å². The average molecular weight is 366 g/mol. The smallest absolute Gasteiger partial charge is 0.257 e. The lowest BCUT2D eigenvalue weighted by atomic mass is 10.2. The molecule has 24 heavy (non-hydrogen) atoms. The molecule has 0 unspecified atom stereocenters. The number of rotatable bonds is 4. The molecule has 10 heteroatoms. The minimum Gasteiger partial charge on any atom is -0.354 e. The molecular weight excluding hydrogens is 352 g/mol. The average Bonchev–Trinajstić information content (AvgIpc) is 3.08.